The standard InChI is InChI=1S/C20H24N7O9P/c1-2-33-18(30)13(10-12-6-4-3-5-7-12)24-37(32)36-34-11-20(25-26-22)16(29)15(28)17(35-20)27-9-8-14(21)23-19(27)31/h3-9,13,15-17,28-29H,2,10-11H2,1H3,(H2,21,23,31)/t13-,15+,16-,17+,20+/m0/s1. The van der Waals surface area contributed by atoms with E-state index in [1.165, 1.54) is 6.07 Å². The van der Waals surface area contributed by atoms with Gasteiger partial charge in [-0.05, 0) is 24.1 Å². The molecule has 1 aromatic heterocycles. The van der Waals surface area contributed by atoms with Gasteiger partial charge in [-0.1, -0.05) is 40.2 Å². The summed E-state index contributed by atoms with van der Waals surface area (Å²) >= 11 is 0. The number of carbonyl (C=O) groups is 1. The molecule has 1 fully saturated rings. The van der Waals surface area contributed by atoms with Crippen LogP contribution in [-0.4, -0.2) is 62.9 Å². The molecule has 1 aliphatic rings. The molecule has 37 heavy (non-hydrogen) atoms. The van der Waals surface area contributed by atoms with Crippen molar-refractivity contribution in [3.63, 3.8) is 0 Å². The second kappa shape index (κ2) is 12.7. The number of aromatic nitrogens is 2. The van der Waals surface area contributed by atoms with Gasteiger partial charge >= 0.3 is 19.8 Å². The topological polar surface area (TPSA) is 240 Å². The van der Waals surface area contributed by atoms with Crippen LogP contribution in [0.3, 0.4) is 0 Å². The number of hydrogen-bond acceptors (Lipinski definition) is 13. The number of carbonyl (C=O) groups excluding carboxylic acids is 1. The Balaban J connectivity index is 1.73. The minimum absolute atomic E-state index is 0.0762. The van der Waals surface area contributed by atoms with Crippen LogP contribution < -0.4 is 16.3 Å². The summed E-state index contributed by atoms with van der Waals surface area (Å²) in [7, 11) is -2.96. The summed E-state index contributed by atoms with van der Waals surface area (Å²) in [5.41, 5.74) is 12.0. The van der Waals surface area contributed by atoms with Crippen LogP contribution in [-0.2, 0) is 30.3 Å². The number of nitrogens with zero attached hydrogens (tertiary/aromatic N) is 6. The number of rotatable bonds is 11. The molecule has 4 N–H and O–H groups in total. The summed E-state index contributed by atoms with van der Waals surface area (Å²) in [6.45, 7) is 0.811. The molecule has 2 heterocycles. The van der Waals surface area contributed by atoms with E-state index in [-0.39, 0.29) is 18.8 Å². The minimum Gasteiger partial charge on any atom is -0.581 e. The van der Waals surface area contributed by atoms with Gasteiger partial charge in [-0.3, -0.25) is 4.57 Å². The van der Waals surface area contributed by atoms with Gasteiger partial charge in [-0.2, -0.15) is 9.87 Å². The number of anilines is 1. The van der Waals surface area contributed by atoms with Crippen molar-refractivity contribution < 1.29 is 38.9 Å². The van der Waals surface area contributed by atoms with Crippen molar-refractivity contribution in [1.82, 2.24) is 9.55 Å². The van der Waals surface area contributed by atoms with Gasteiger partial charge in [0.05, 0.1) is 6.61 Å². The van der Waals surface area contributed by atoms with E-state index in [1.54, 1.807) is 37.3 Å². The van der Waals surface area contributed by atoms with Gasteiger partial charge in [0.2, 0.25) is 5.72 Å². The molecular formula is C20H24N7O9P. The quantitative estimate of drug-likeness (QED) is 0.0658. The van der Waals surface area contributed by atoms with Gasteiger partial charge in [0.15, 0.2) is 12.3 Å². The van der Waals surface area contributed by atoms with Crippen LogP contribution in [0.5, 0.6) is 0 Å². The lowest BCUT2D eigenvalue weighted by atomic mass is 10.1. The number of nitrogen functional groups attached to an aromatic ring is 1. The van der Waals surface area contributed by atoms with E-state index in [9.17, 15) is 24.7 Å². The van der Waals surface area contributed by atoms with Crippen LogP contribution in [0.15, 0.2) is 57.2 Å². The molecule has 1 unspecified atom stereocenters. The predicted molar refractivity (Wildman–Crippen MR) is 124 cm³/mol. The zero-order valence-corrected chi connectivity index (χ0v) is 20.3. The van der Waals surface area contributed by atoms with Crippen LogP contribution in [0.25, 0.3) is 10.4 Å². The first-order valence-corrected chi connectivity index (χ1v) is 12.0. The van der Waals surface area contributed by atoms with Crippen LogP contribution in [0.1, 0.15) is 18.7 Å². The van der Waals surface area contributed by atoms with Gasteiger partial charge < -0.3 is 30.3 Å². The Kier molecular flexibility index (Phi) is 9.63. The highest BCUT2D eigenvalue weighted by molar-refractivity contribution is 7.33. The summed E-state index contributed by atoms with van der Waals surface area (Å²) in [5.74, 6) is -0.819. The summed E-state index contributed by atoms with van der Waals surface area (Å²) in [4.78, 5) is 47.8. The van der Waals surface area contributed by atoms with E-state index in [2.05, 4.69) is 19.8 Å². The minimum atomic E-state index is -2.96. The first kappa shape index (κ1) is 28.1. The Morgan fingerprint density at radius 2 is 2.14 bits per heavy atom. The lowest BCUT2D eigenvalue weighted by molar-refractivity contribution is -0.291. The molecule has 16 nitrogen and oxygen atoms in total. The fourth-order valence-corrected chi connectivity index (χ4v) is 4.04. The largest absolute Gasteiger partial charge is 0.581 e. The van der Waals surface area contributed by atoms with Crippen LogP contribution in [0.2, 0.25) is 0 Å². The molecule has 1 aromatic carbocycles. The third-order valence-electron chi connectivity index (χ3n) is 5.19. The third-order valence-corrected chi connectivity index (χ3v) is 5.89. The fraction of sp³-hybridized carbons (Fsp3) is 0.450. The maximum absolute atomic E-state index is 12.4. The Morgan fingerprint density at radius 3 is 2.78 bits per heavy atom. The highest BCUT2D eigenvalue weighted by atomic mass is 31.1. The van der Waals surface area contributed by atoms with Crippen molar-refractivity contribution in [3.05, 3.63) is 69.1 Å². The van der Waals surface area contributed by atoms with E-state index >= 15 is 0 Å². The Labute approximate surface area is 210 Å². The lowest BCUT2D eigenvalue weighted by Crippen LogP contribution is -2.45. The fourth-order valence-electron chi connectivity index (χ4n) is 3.45. The molecule has 0 bridgehead atoms. The number of ether oxygens (including phenoxy) is 2. The van der Waals surface area contributed by atoms with E-state index in [1.807, 2.05) is 0 Å². The molecule has 0 radical (unpaired) electrons. The van der Waals surface area contributed by atoms with Crippen LogP contribution in [0.4, 0.5) is 5.82 Å². The average molecular weight is 537 g/mol. The number of nitrogens with two attached hydrogens (primary N) is 1. The molecule has 3 rings (SSSR count). The van der Waals surface area contributed by atoms with Crippen molar-refractivity contribution in [2.75, 3.05) is 18.9 Å². The van der Waals surface area contributed by atoms with Gasteiger partial charge in [-0.25, -0.2) is 9.59 Å². The molecule has 6 atom stereocenters. The maximum atomic E-state index is 12.4. The lowest BCUT2D eigenvalue weighted by Gasteiger charge is -2.24. The number of hydrogen-bond donors (Lipinski definition) is 3. The maximum Gasteiger partial charge on any atom is 0.382 e. The molecule has 2 aromatic rings. The number of azide groups is 1. The first-order chi connectivity index (χ1) is 17.7. The number of aliphatic hydroxyl groups is 2. The van der Waals surface area contributed by atoms with E-state index in [4.69, 9.17) is 30.3 Å². The van der Waals surface area contributed by atoms with Crippen LogP contribution in [0, 0.1) is 0 Å². The Bertz CT molecular complexity index is 1220. The van der Waals surface area contributed by atoms with E-state index in [0.717, 1.165) is 16.3 Å². The number of aliphatic hydroxyl groups excluding tert-OH is 2. The second-order valence-corrected chi connectivity index (χ2v) is 8.52. The number of benzene rings is 1. The van der Waals surface area contributed by atoms with Gasteiger partial charge in [0, 0.05) is 22.2 Å². The Hall–Kier alpha value is -3.46. The van der Waals surface area contributed by atoms with Crippen molar-refractivity contribution in [3.8, 4) is 0 Å². The second-order valence-electron chi connectivity index (χ2n) is 7.67. The van der Waals surface area contributed by atoms with Crippen molar-refractivity contribution in [2.45, 2.75) is 43.5 Å². The summed E-state index contributed by atoms with van der Waals surface area (Å²) in [6.07, 6.45) is -3.97. The summed E-state index contributed by atoms with van der Waals surface area (Å²) in [6, 6.07) is 8.88. The predicted octanol–water partition coefficient (Wildman–Crippen LogP) is 0.0611. The molecule has 1 saturated heterocycles. The van der Waals surface area contributed by atoms with Crippen LogP contribution >= 0.6 is 8.17 Å². The molecule has 0 amide bonds. The van der Waals surface area contributed by atoms with Gasteiger partial charge in [0.25, 0.3) is 0 Å². The third kappa shape index (κ3) is 6.85. The summed E-state index contributed by atoms with van der Waals surface area (Å²) in [5, 5.41) is 24.3. The highest BCUT2D eigenvalue weighted by Gasteiger charge is 2.56. The van der Waals surface area contributed by atoms with Crippen molar-refractivity contribution in [2.24, 2.45) is 9.86 Å². The van der Waals surface area contributed by atoms with Gasteiger partial charge in [0.1, 0.15) is 24.6 Å². The zero-order valence-electron chi connectivity index (χ0n) is 19.4. The Morgan fingerprint density at radius 1 is 1.41 bits per heavy atom. The van der Waals surface area contributed by atoms with Crippen molar-refractivity contribution in [1.29, 1.82) is 0 Å². The SMILES string of the molecule is CCOC(=O)[C@H](Cc1ccccc1)N=[P+]([O-])OOC[C@@]1(N=[N+]=[N-])O[C@@H](n2ccc(N)nc2=O)[C@H](O)[C@@H]1O. The smallest absolute Gasteiger partial charge is 0.382 e. The molecule has 17 heteroatoms. The van der Waals surface area contributed by atoms with Crippen molar-refractivity contribution >= 4 is 20.0 Å². The molecule has 1 aliphatic heterocycles. The monoisotopic (exact) mass is 537 g/mol. The highest BCUT2D eigenvalue weighted by Crippen LogP contribution is 2.38. The molecule has 0 saturated carbocycles. The normalized spacial score (nSPS) is 24.3. The zero-order chi connectivity index (χ0) is 27.0. The summed E-state index contributed by atoms with van der Waals surface area (Å²) < 4.78 is 19.8. The average Bonchev–Trinajstić information content (AvgIpc) is 3.10. The van der Waals surface area contributed by atoms with E-state index < -0.39 is 56.6 Å². The molecule has 198 valence electrons. The molecule has 0 spiro atoms. The number of esters is 1. The van der Waals surface area contributed by atoms with Gasteiger partial charge in [-0.15, -0.1) is 0 Å². The first-order valence-electron chi connectivity index (χ1n) is 10.8. The molecule has 0 aliphatic carbocycles. The molecular weight excluding hydrogens is 513 g/mol. The van der Waals surface area contributed by atoms with E-state index in [0.29, 0.717) is 0 Å².